The van der Waals surface area contributed by atoms with Crippen molar-refractivity contribution in [3.05, 3.63) is 140 Å². The molecule has 0 bridgehead atoms. The van der Waals surface area contributed by atoms with Crippen LogP contribution >= 0.6 is 0 Å². The number of halogens is 6. The van der Waals surface area contributed by atoms with Gasteiger partial charge in [-0.15, -0.1) is 0 Å². The highest BCUT2D eigenvalue weighted by atomic mass is 19.4. The van der Waals surface area contributed by atoms with Gasteiger partial charge in [0.2, 0.25) is 5.41 Å². The van der Waals surface area contributed by atoms with Crippen molar-refractivity contribution < 1.29 is 83.7 Å². The maximum absolute atomic E-state index is 14.2. The molecule has 4 aromatic carbocycles. The second-order valence-electron chi connectivity index (χ2n) is 12.2. The van der Waals surface area contributed by atoms with E-state index >= 15 is 0 Å². The fourth-order valence-electron chi connectivity index (χ4n) is 6.51. The largest absolute Gasteiger partial charge is 0.411 e. The average Bonchev–Trinajstić information content (AvgIpc) is 3.78. The number of esters is 6. The molecule has 18 heteroatoms. The van der Waals surface area contributed by atoms with Crippen molar-refractivity contribution in [2.24, 2.45) is 0 Å². The topological polar surface area (TPSA) is 181 Å². The maximum Gasteiger partial charge on any atom is 0.411 e. The van der Waals surface area contributed by atoms with Gasteiger partial charge in [-0.1, -0.05) is 30.3 Å². The summed E-state index contributed by atoms with van der Waals surface area (Å²) in [5.41, 5.74) is -8.90. The van der Waals surface area contributed by atoms with E-state index < -0.39 is 105 Å². The highest BCUT2D eigenvalue weighted by molar-refractivity contribution is 6.24. The maximum atomic E-state index is 14.2. The molecule has 55 heavy (non-hydrogen) atoms. The van der Waals surface area contributed by atoms with Gasteiger partial charge in [-0.2, -0.15) is 26.3 Å². The van der Waals surface area contributed by atoms with Gasteiger partial charge >= 0.3 is 48.2 Å². The Morgan fingerprint density at radius 1 is 0.418 bits per heavy atom. The third-order valence-electron chi connectivity index (χ3n) is 9.12. The van der Waals surface area contributed by atoms with Gasteiger partial charge in [0.25, 0.3) is 0 Å². The Morgan fingerprint density at radius 2 is 0.745 bits per heavy atom. The first-order valence-corrected chi connectivity index (χ1v) is 15.4. The number of Topliss-reactive ketones (excluding diaryl/α,β-unsaturated/α-hetero) is 2. The standard InChI is InChI=1S/C20H8F6O5.C17H6O7/c21-19(22,23)18(20(24,25)26,8-1-3-10-12(5-8)15(28)7-14(10)27)9-2-4-11-13(6-9)17(30)31-16(11)29;18-13(7-1-3-9-11(5-7)16(21)23-14(9)19)8-2-4-10-12(6-8)17(22)24-15(10)20/h1-6H,7H2;1-6H. The molecule has 8 rings (SSSR count). The van der Waals surface area contributed by atoms with Crippen molar-refractivity contribution in [1.82, 2.24) is 0 Å². The first-order chi connectivity index (χ1) is 25.7. The molecule has 0 atom stereocenters. The predicted octanol–water partition coefficient (Wildman–Crippen LogP) is 5.72. The molecule has 12 nitrogen and oxygen atoms in total. The average molecular weight is 764 g/mol. The second kappa shape index (κ2) is 12.2. The van der Waals surface area contributed by atoms with Crippen LogP contribution in [0.4, 0.5) is 26.3 Å². The van der Waals surface area contributed by atoms with Crippen LogP contribution in [-0.4, -0.2) is 65.5 Å². The molecule has 0 spiro atoms. The van der Waals surface area contributed by atoms with E-state index in [2.05, 4.69) is 14.2 Å². The monoisotopic (exact) mass is 764 g/mol. The third kappa shape index (κ3) is 5.52. The SMILES string of the molecule is O=C(c1ccc2c(c1)C(=O)OC2=O)c1ccc2c(c1)C(=O)OC2=O.O=C1CC(=O)c2cc(C(c3ccc4c(c3)C(=O)OC4=O)(C(F)(F)F)C(F)(F)F)ccc21. The van der Waals surface area contributed by atoms with E-state index in [9.17, 15) is 69.5 Å². The summed E-state index contributed by atoms with van der Waals surface area (Å²) in [7, 11) is 0. The van der Waals surface area contributed by atoms with Crippen LogP contribution in [-0.2, 0) is 19.6 Å². The van der Waals surface area contributed by atoms with E-state index in [1.54, 1.807) is 0 Å². The number of hydrogen-bond donors (Lipinski definition) is 0. The highest BCUT2D eigenvalue weighted by Gasteiger charge is 2.73. The lowest BCUT2D eigenvalue weighted by Gasteiger charge is -2.38. The van der Waals surface area contributed by atoms with E-state index in [1.807, 2.05) is 0 Å². The van der Waals surface area contributed by atoms with Crippen LogP contribution in [0.5, 0.6) is 0 Å². The number of carbonyl (C=O) groups excluding carboxylic acids is 9. The molecule has 0 saturated carbocycles. The van der Waals surface area contributed by atoms with Crippen molar-refractivity contribution in [2.45, 2.75) is 24.2 Å². The normalized spacial score (nSPS) is 15.8. The highest BCUT2D eigenvalue weighted by Crippen LogP contribution is 2.57. The molecule has 0 aromatic heterocycles. The lowest BCUT2D eigenvalue weighted by molar-refractivity contribution is -0.288. The molecule has 0 N–H and O–H groups in total. The zero-order chi connectivity index (χ0) is 39.9. The van der Waals surface area contributed by atoms with Gasteiger partial charge in [-0.3, -0.25) is 14.4 Å². The first kappa shape index (κ1) is 36.3. The van der Waals surface area contributed by atoms with Gasteiger partial charge in [0, 0.05) is 22.3 Å². The summed E-state index contributed by atoms with van der Waals surface area (Å²) in [5.74, 6) is -7.80. The number of hydrogen-bond acceptors (Lipinski definition) is 12. The zero-order valence-electron chi connectivity index (χ0n) is 26.8. The minimum absolute atomic E-state index is 0.0154. The minimum atomic E-state index is -5.98. The summed E-state index contributed by atoms with van der Waals surface area (Å²) >= 11 is 0. The molecule has 0 unspecified atom stereocenters. The zero-order valence-corrected chi connectivity index (χ0v) is 26.8. The van der Waals surface area contributed by atoms with E-state index in [0.717, 1.165) is 6.07 Å². The minimum Gasteiger partial charge on any atom is -0.386 e. The van der Waals surface area contributed by atoms with Crippen molar-refractivity contribution in [3.63, 3.8) is 0 Å². The number of rotatable bonds is 4. The lowest BCUT2D eigenvalue weighted by atomic mass is 9.71. The van der Waals surface area contributed by atoms with Crippen LogP contribution in [0.3, 0.4) is 0 Å². The van der Waals surface area contributed by atoms with Crippen LogP contribution in [0.1, 0.15) is 116 Å². The number of alkyl halides is 6. The first-order valence-electron chi connectivity index (χ1n) is 15.4. The molecule has 0 fully saturated rings. The summed E-state index contributed by atoms with van der Waals surface area (Å²) in [5, 5.41) is 0. The van der Waals surface area contributed by atoms with Crippen molar-refractivity contribution in [1.29, 1.82) is 0 Å². The predicted molar refractivity (Wildman–Crippen MR) is 165 cm³/mol. The lowest BCUT2D eigenvalue weighted by Crippen LogP contribution is -2.55. The number of fused-ring (bicyclic) bond motifs is 4. The molecule has 276 valence electrons. The Morgan fingerprint density at radius 3 is 1.16 bits per heavy atom. The van der Waals surface area contributed by atoms with Crippen molar-refractivity contribution in [2.75, 3.05) is 0 Å². The number of carbonyl (C=O) groups is 9. The number of ether oxygens (including phenoxy) is 3. The second-order valence-corrected chi connectivity index (χ2v) is 12.2. The van der Waals surface area contributed by atoms with Gasteiger partial charge < -0.3 is 14.2 Å². The van der Waals surface area contributed by atoms with Gasteiger partial charge in [-0.25, -0.2) is 28.8 Å². The fourth-order valence-corrected chi connectivity index (χ4v) is 6.51. The third-order valence-corrected chi connectivity index (χ3v) is 9.12. The molecule has 3 heterocycles. The van der Waals surface area contributed by atoms with Crippen LogP contribution in [0.2, 0.25) is 0 Å². The van der Waals surface area contributed by atoms with Gasteiger partial charge in [-0.05, 0) is 53.6 Å². The van der Waals surface area contributed by atoms with Crippen molar-refractivity contribution in [3.8, 4) is 0 Å². The quantitative estimate of drug-likeness (QED) is 0.0813. The van der Waals surface area contributed by atoms with Crippen molar-refractivity contribution >= 4 is 53.2 Å². The van der Waals surface area contributed by atoms with Gasteiger partial charge in [0.05, 0.1) is 39.8 Å². The molecular weight excluding hydrogens is 750 g/mol. The van der Waals surface area contributed by atoms with E-state index in [1.165, 1.54) is 36.4 Å². The summed E-state index contributed by atoms with van der Waals surface area (Å²) < 4.78 is 98.6. The Hall–Kier alpha value is -7.11. The molecule has 4 aromatic rings. The molecule has 4 aliphatic rings. The number of cyclic esters (lactones) is 6. The molecule has 0 radical (unpaired) electrons. The van der Waals surface area contributed by atoms with Crippen LogP contribution in [0, 0.1) is 0 Å². The van der Waals surface area contributed by atoms with Crippen LogP contribution < -0.4 is 0 Å². The summed E-state index contributed by atoms with van der Waals surface area (Å²) in [4.78, 5) is 105. The van der Waals surface area contributed by atoms with Crippen LogP contribution in [0.25, 0.3) is 0 Å². The molecule has 1 aliphatic carbocycles. The Bertz CT molecular complexity index is 2370. The number of benzene rings is 4. The van der Waals surface area contributed by atoms with E-state index in [4.69, 9.17) is 0 Å². The van der Waals surface area contributed by atoms with Crippen LogP contribution in [0.15, 0.2) is 72.8 Å². The van der Waals surface area contributed by atoms with E-state index in [-0.39, 0.29) is 38.9 Å². The van der Waals surface area contributed by atoms with E-state index in [0.29, 0.717) is 30.3 Å². The fraction of sp³-hybridized carbons (Fsp3) is 0.108. The molecule has 3 aliphatic heterocycles. The number of ketones is 3. The Kier molecular flexibility index (Phi) is 8.06. The summed E-state index contributed by atoms with van der Waals surface area (Å²) in [6.07, 6.45) is -12.6. The smallest absolute Gasteiger partial charge is 0.386 e. The van der Waals surface area contributed by atoms with Gasteiger partial charge in [0.1, 0.15) is 0 Å². The Balaban J connectivity index is 0.000000174. The van der Waals surface area contributed by atoms with Gasteiger partial charge in [0.15, 0.2) is 17.3 Å². The Labute approximate surface area is 300 Å². The molecule has 0 amide bonds. The summed E-state index contributed by atoms with van der Waals surface area (Å²) in [6.45, 7) is 0. The molecular formula is C37H14F6O12. The summed E-state index contributed by atoms with van der Waals surface area (Å²) in [6, 6.07) is 11.0. The molecule has 0 saturated heterocycles.